The smallest absolute Gasteiger partial charge is 0.372 e. The zero-order valence-electron chi connectivity index (χ0n) is 51.7. The van der Waals surface area contributed by atoms with Crippen LogP contribution in [0.4, 0.5) is 0 Å². The van der Waals surface area contributed by atoms with Crippen molar-refractivity contribution < 1.29 is 226 Å². The fourth-order valence-electron chi connectivity index (χ4n) is 3.13. The first-order valence-corrected chi connectivity index (χ1v) is 23.6. The number of nitrogens with two attached hydrogens (primary N) is 11. The number of hydrogen-bond acceptors (Lipinski definition) is 17. The van der Waals surface area contributed by atoms with Crippen molar-refractivity contribution in [2.24, 2.45) is 69.0 Å². The van der Waals surface area contributed by atoms with E-state index in [4.69, 9.17) is 57.3 Å². The van der Waals surface area contributed by atoms with Crippen LogP contribution in [-0.4, -0.2) is 144 Å². The van der Waals surface area contributed by atoms with Gasteiger partial charge in [-0.1, -0.05) is 80.1 Å². The number of hydrogen-bond donors (Lipinski definition) is 17. The molecule has 0 rings (SSSR count). The third kappa shape index (κ3) is 126. The van der Waals surface area contributed by atoms with Gasteiger partial charge >= 0.3 is 31.1 Å². The Morgan fingerprint density at radius 3 is 0.598 bits per heavy atom. The molecule has 9 atom stereocenters. The van der Waals surface area contributed by atoms with E-state index in [2.05, 4.69) is 86.1 Å². The summed E-state index contributed by atoms with van der Waals surface area (Å²) in [6.07, 6.45) is 6.44. The van der Waals surface area contributed by atoms with Gasteiger partial charge in [0.1, 0.15) is 0 Å². The fourth-order valence-corrected chi connectivity index (χ4v) is 3.13. The van der Waals surface area contributed by atoms with Gasteiger partial charge < -0.3 is 151 Å². The molecule has 28 N–H and O–H groups in total. The number of primary amides is 9. The molecule has 26 nitrogen and oxygen atoms in total. The molecule has 0 aromatic carbocycles. The Kier molecular flexibility index (Phi) is 188. The minimum atomic E-state index is -0.759. The van der Waals surface area contributed by atoms with Crippen LogP contribution in [0.1, 0.15) is 106 Å². The molecule has 82 heavy (non-hydrogen) atoms. The van der Waals surface area contributed by atoms with E-state index in [0.29, 0.717) is 25.7 Å². The average molecular weight is 2100 g/mol. The number of carbonyl (C=O) groups is 9. The van der Waals surface area contributed by atoms with E-state index < -0.39 is 47.8 Å². The van der Waals surface area contributed by atoms with Gasteiger partial charge in [0.15, 0.2) is 5.91 Å². The Bertz CT molecular complexity index is 1230. The standard InChI is InChI=1S/3C6H13N2O.C5H12N2O.C5H10NO.2C4H9N2O.C4H10N2O.C3H7N2O.2C2H6.CH3.U.3V.3W.Y/c3*1-3-4-5(8-2)6(7)9;1-3-4(7-2)5(6)8;1-3-4(2)5(6)7;2*1-3(6-2)4(5)7;1-2-3(5)4(6)7;1-2(4)3(5)6;2*1-2;;;;;;;;;/h3*5,8H,1,3-4H2,2H3,(H2,7,9);4,7H,3H2,1-2H3,(H2,6,8);4H,2-3H2,1H3,(H2,6,7);2*3,6H,1H2,2H3,(H2,5,7);3H,2,5H2,1H3,(H2,6,7);2H,1,4H2,(H2,5,6);2*1-2H3;1H3;;;;;;;;/q3*-1;;3*-1;;-1;;;-1;+2;;;;;;;. The van der Waals surface area contributed by atoms with Crippen LogP contribution in [0.15, 0.2) is 0 Å². The van der Waals surface area contributed by atoms with Crippen molar-refractivity contribution in [1.29, 1.82) is 0 Å². The van der Waals surface area contributed by atoms with Crippen molar-refractivity contribution in [3.63, 3.8) is 0 Å². The van der Waals surface area contributed by atoms with Crippen LogP contribution in [0, 0.1) is 92.9 Å². The van der Waals surface area contributed by atoms with E-state index in [1.165, 1.54) is 0 Å². The first kappa shape index (κ1) is 141. The Morgan fingerprint density at radius 1 is 0.378 bits per heavy atom. The second kappa shape index (κ2) is 110. The molecule has 9 amide bonds. The summed E-state index contributed by atoms with van der Waals surface area (Å²) < 4.78 is 0. The molecule has 0 bridgehead atoms. The van der Waals surface area contributed by atoms with Gasteiger partial charge in [-0.15, -0.1) is 0 Å². The summed E-state index contributed by atoms with van der Waals surface area (Å²) in [5.41, 5.74) is 53.8. The van der Waals surface area contributed by atoms with Gasteiger partial charge in [0.25, 0.3) is 0 Å². The van der Waals surface area contributed by atoms with Gasteiger partial charge in [0.05, 0.1) is 30.2 Å². The Hall–Kier alpha value is 0.884. The van der Waals surface area contributed by atoms with Crippen molar-refractivity contribution in [2.75, 3.05) is 42.3 Å². The molecule has 0 spiro atoms. The fraction of sp³-hybridized carbons (Fsp3) is 0.646. The van der Waals surface area contributed by atoms with Crippen LogP contribution in [0.2, 0.25) is 0 Å². The summed E-state index contributed by atoms with van der Waals surface area (Å²) in [5, 5.41) is 16.3. The predicted molar refractivity (Wildman–Crippen MR) is 304 cm³/mol. The van der Waals surface area contributed by atoms with E-state index in [0.717, 1.165) is 32.1 Å². The summed E-state index contributed by atoms with van der Waals surface area (Å²) in [7, 11) is 10.1. The van der Waals surface area contributed by atoms with E-state index in [-0.39, 0.29) is 250 Å². The van der Waals surface area contributed by atoms with Crippen LogP contribution >= 0.6 is 0 Å². The number of nitrogens with one attached hydrogen (secondary N) is 6. The summed E-state index contributed by atoms with van der Waals surface area (Å²) in [5.74, 6) is -3.58. The summed E-state index contributed by atoms with van der Waals surface area (Å²) >= 11 is 0. The minimum Gasteiger partial charge on any atom is -0.372 e. The van der Waals surface area contributed by atoms with Crippen LogP contribution in [-0.2, 0) is 195 Å². The van der Waals surface area contributed by atoms with Crippen molar-refractivity contribution in [2.45, 2.75) is 155 Å². The molecule has 0 saturated carbocycles. The van der Waals surface area contributed by atoms with E-state index in [9.17, 15) is 43.2 Å². The van der Waals surface area contributed by atoms with E-state index in [1.54, 1.807) is 42.3 Å². The van der Waals surface area contributed by atoms with Crippen LogP contribution in [0.3, 0.4) is 0 Å². The topological polar surface area (TPSA) is 512 Å². The third-order valence-electron chi connectivity index (χ3n) is 8.10. The number of carbonyl (C=O) groups excluding carboxylic acids is 9. The molecular formula is C48H111N17O9UV3W3Y-6. The molecular weight excluding hydrogens is 1990 g/mol. The first-order valence-electron chi connectivity index (χ1n) is 23.6. The quantitative estimate of drug-likeness (QED) is 0.0427. The molecule has 0 heterocycles. The maximum atomic E-state index is 10.5. The second-order valence-electron chi connectivity index (χ2n) is 13.7. The predicted octanol–water partition coefficient (Wildman–Crippen LogP) is -3.06. The largest absolute Gasteiger partial charge is 2.00 e. The monoisotopic (exact) mass is 2100 g/mol. The van der Waals surface area contributed by atoms with Crippen molar-refractivity contribution in [3.8, 4) is 0 Å². The molecule has 34 heteroatoms. The number of amides is 9. The molecule has 0 fully saturated rings. The zero-order chi connectivity index (χ0) is 61.0. The Balaban J connectivity index is -0.0000000287. The average Bonchev–Trinajstić information content (AvgIpc) is 3.35. The maximum absolute atomic E-state index is 10.5. The van der Waals surface area contributed by atoms with Crippen LogP contribution < -0.4 is 95.0 Å². The third-order valence-corrected chi connectivity index (χ3v) is 8.10. The molecule has 4 radical (unpaired) electrons. The second-order valence-corrected chi connectivity index (χ2v) is 13.7. The molecule has 9 unspecified atom stereocenters. The summed E-state index contributed by atoms with van der Waals surface area (Å²) in [4.78, 5) is 91.6. The van der Waals surface area contributed by atoms with Crippen molar-refractivity contribution in [1.82, 2.24) is 31.9 Å². The molecule has 0 aromatic rings. The molecule has 0 aliphatic rings. The van der Waals surface area contributed by atoms with E-state index in [1.807, 2.05) is 48.5 Å². The summed E-state index contributed by atoms with van der Waals surface area (Å²) in [6, 6.07) is -2.91. The Morgan fingerprint density at radius 2 is 0.585 bits per heavy atom. The number of likely N-dealkylation sites (N-methyl/N-ethyl adjacent to an activating group) is 6. The molecule has 0 saturated heterocycles. The van der Waals surface area contributed by atoms with Crippen molar-refractivity contribution in [3.05, 3.63) is 55.9 Å². The molecule has 0 aliphatic carbocycles. The molecule has 0 aromatic heterocycles. The SMILES string of the molecule is CC.CC.CCC(N)C(N)=O.CCC(NC)C(N)=O.[CH2-]C(CC)C(N)=O.[CH2-]C(N)C(N)=O.[CH2-]C(NC)C(N)=O.[CH2-]C(NC)C(N)=O.[CH2-]CCC(NC)C(N)=O.[CH2-]CCC(NC)C(N)=O.[CH2-]CCC(NC)C(N)=O.[CH3-].[U+2].[V].[V].[V].[W].[W].[W].[Y]. The Labute approximate surface area is 625 Å². The first-order chi connectivity index (χ1) is 33.7. The van der Waals surface area contributed by atoms with Gasteiger partial charge in [-0.05, 0) is 73.3 Å². The molecule has 488 valence electrons. The van der Waals surface area contributed by atoms with Gasteiger partial charge in [-0.3, -0.25) is 43.2 Å². The van der Waals surface area contributed by atoms with Crippen LogP contribution in [0.25, 0.3) is 0 Å². The maximum Gasteiger partial charge on any atom is 2.00 e. The van der Waals surface area contributed by atoms with Gasteiger partial charge in [-0.25, -0.2) is 0 Å². The number of rotatable bonds is 24. The minimum absolute atomic E-state index is 0. The van der Waals surface area contributed by atoms with E-state index >= 15 is 0 Å². The van der Waals surface area contributed by atoms with Crippen molar-refractivity contribution >= 4 is 53.2 Å². The van der Waals surface area contributed by atoms with Crippen LogP contribution in [0.5, 0.6) is 0 Å². The summed E-state index contributed by atoms with van der Waals surface area (Å²) in [6.45, 7) is 37.8. The molecule has 0 aliphatic heterocycles. The van der Waals surface area contributed by atoms with Gasteiger partial charge in [-0.2, -0.15) is 19.3 Å². The van der Waals surface area contributed by atoms with Gasteiger partial charge in [0, 0.05) is 152 Å². The normalized spacial score (nSPS) is 11.3. The zero-order valence-corrected chi connectivity index (χ0v) is 71.7. The van der Waals surface area contributed by atoms with Gasteiger partial charge in [0.2, 0.25) is 47.3 Å².